The molecule has 0 aliphatic carbocycles. The van der Waals surface area contributed by atoms with E-state index in [4.69, 9.17) is 4.42 Å². The number of halogens is 1. The number of likely N-dealkylation sites (N-methyl/N-ethyl adjacent to an activating group) is 1. The van der Waals surface area contributed by atoms with Crippen molar-refractivity contribution < 1.29 is 18.4 Å². The standard InChI is InChI=1S/C19H21FN2O3S/c1-12-7-8-14(25-12)10-22(2)19(24)16-11-26-17(18(23)21-16)9-13-5-3-4-6-15(13)20/h3-8,16-17H,9-11H2,1-2H3,(H,21,23)/t16-,17-/m1/s1. The van der Waals surface area contributed by atoms with E-state index in [1.54, 1.807) is 30.1 Å². The van der Waals surface area contributed by atoms with Gasteiger partial charge in [-0.3, -0.25) is 9.59 Å². The average Bonchev–Trinajstić information content (AvgIpc) is 3.02. The van der Waals surface area contributed by atoms with Gasteiger partial charge in [-0.25, -0.2) is 4.39 Å². The SMILES string of the molecule is Cc1ccc(CN(C)C(=O)[C@H]2CS[C@H](Cc3ccccc3F)C(=O)N2)o1. The summed E-state index contributed by atoms with van der Waals surface area (Å²) in [5.74, 6) is 1.25. The smallest absolute Gasteiger partial charge is 0.246 e. The first kappa shape index (κ1) is 18.5. The summed E-state index contributed by atoms with van der Waals surface area (Å²) in [6, 6.07) is 9.54. The Hall–Kier alpha value is -2.28. The molecule has 1 N–H and O–H groups in total. The van der Waals surface area contributed by atoms with Gasteiger partial charge in [-0.1, -0.05) is 18.2 Å². The molecule has 1 aliphatic rings. The van der Waals surface area contributed by atoms with Crippen molar-refractivity contribution in [3.8, 4) is 0 Å². The summed E-state index contributed by atoms with van der Waals surface area (Å²) in [6.45, 7) is 2.20. The molecule has 5 nitrogen and oxygen atoms in total. The summed E-state index contributed by atoms with van der Waals surface area (Å²) in [5.41, 5.74) is 0.509. The molecule has 26 heavy (non-hydrogen) atoms. The van der Waals surface area contributed by atoms with E-state index in [9.17, 15) is 14.0 Å². The minimum atomic E-state index is -0.578. The second-order valence-corrected chi connectivity index (χ2v) is 7.62. The van der Waals surface area contributed by atoms with Crippen molar-refractivity contribution in [1.82, 2.24) is 10.2 Å². The van der Waals surface area contributed by atoms with Crippen LogP contribution < -0.4 is 5.32 Å². The van der Waals surface area contributed by atoms with Crippen LogP contribution in [0.2, 0.25) is 0 Å². The zero-order valence-corrected chi connectivity index (χ0v) is 15.5. The molecular formula is C19H21FN2O3S. The minimum Gasteiger partial charge on any atom is -0.464 e. The summed E-state index contributed by atoms with van der Waals surface area (Å²) in [7, 11) is 1.68. The quantitative estimate of drug-likeness (QED) is 0.871. The lowest BCUT2D eigenvalue weighted by Gasteiger charge is -2.30. The van der Waals surface area contributed by atoms with E-state index in [1.807, 2.05) is 19.1 Å². The molecular weight excluding hydrogens is 355 g/mol. The molecule has 0 spiro atoms. The van der Waals surface area contributed by atoms with Crippen LogP contribution in [0.5, 0.6) is 0 Å². The Morgan fingerprint density at radius 3 is 2.77 bits per heavy atom. The summed E-state index contributed by atoms with van der Waals surface area (Å²) in [6.07, 6.45) is 0.311. The van der Waals surface area contributed by atoms with E-state index < -0.39 is 11.3 Å². The van der Waals surface area contributed by atoms with Crippen molar-refractivity contribution in [2.45, 2.75) is 31.2 Å². The van der Waals surface area contributed by atoms with Crippen LogP contribution in [-0.4, -0.2) is 40.8 Å². The number of amides is 2. The molecule has 1 aliphatic heterocycles. The van der Waals surface area contributed by atoms with Gasteiger partial charge in [-0.15, -0.1) is 11.8 Å². The van der Waals surface area contributed by atoms with Crippen molar-refractivity contribution in [3.63, 3.8) is 0 Å². The molecule has 0 bridgehead atoms. The number of hydrogen-bond donors (Lipinski definition) is 1. The fourth-order valence-corrected chi connectivity index (χ4v) is 4.06. The predicted molar refractivity (Wildman–Crippen MR) is 98.2 cm³/mol. The Labute approximate surface area is 155 Å². The van der Waals surface area contributed by atoms with Gasteiger partial charge < -0.3 is 14.6 Å². The number of furan rings is 1. The monoisotopic (exact) mass is 376 g/mol. The Morgan fingerprint density at radius 1 is 1.35 bits per heavy atom. The molecule has 7 heteroatoms. The molecule has 2 aromatic rings. The molecule has 0 radical (unpaired) electrons. The number of aryl methyl sites for hydroxylation is 1. The first-order valence-corrected chi connectivity index (χ1v) is 9.44. The average molecular weight is 376 g/mol. The lowest BCUT2D eigenvalue weighted by Crippen LogP contribution is -2.54. The second-order valence-electron chi connectivity index (χ2n) is 6.39. The lowest BCUT2D eigenvalue weighted by atomic mass is 10.1. The van der Waals surface area contributed by atoms with Gasteiger partial charge in [0.25, 0.3) is 0 Å². The van der Waals surface area contributed by atoms with Crippen molar-refractivity contribution in [2.24, 2.45) is 0 Å². The maximum Gasteiger partial charge on any atom is 0.246 e. The Balaban J connectivity index is 1.56. The number of carbonyl (C=O) groups is 2. The topological polar surface area (TPSA) is 62.6 Å². The molecule has 0 saturated carbocycles. The van der Waals surface area contributed by atoms with E-state index in [0.717, 1.165) is 5.76 Å². The Kier molecular flexibility index (Phi) is 5.66. The van der Waals surface area contributed by atoms with Gasteiger partial charge in [0.15, 0.2) is 0 Å². The maximum atomic E-state index is 13.8. The third-order valence-corrected chi connectivity index (χ3v) is 5.61. The highest BCUT2D eigenvalue weighted by atomic mass is 32.2. The van der Waals surface area contributed by atoms with Crippen molar-refractivity contribution in [2.75, 3.05) is 12.8 Å². The number of carbonyl (C=O) groups excluding carboxylic acids is 2. The summed E-state index contributed by atoms with van der Waals surface area (Å²) < 4.78 is 19.3. The van der Waals surface area contributed by atoms with E-state index in [2.05, 4.69) is 5.32 Å². The predicted octanol–water partition coefficient (Wildman–Crippen LogP) is 2.53. The molecule has 138 valence electrons. The van der Waals surface area contributed by atoms with Crippen LogP contribution in [0.25, 0.3) is 0 Å². The number of benzene rings is 1. The van der Waals surface area contributed by atoms with Crippen LogP contribution in [-0.2, 0) is 22.6 Å². The van der Waals surface area contributed by atoms with E-state index in [-0.39, 0.29) is 17.6 Å². The normalized spacial score (nSPS) is 19.9. The molecule has 2 amide bonds. The van der Waals surface area contributed by atoms with Gasteiger partial charge in [0.05, 0.1) is 11.8 Å². The first-order chi connectivity index (χ1) is 12.4. The van der Waals surface area contributed by atoms with Crippen LogP contribution in [0, 0.1) is 12.7 Å². The van der Waals surface area contributed by atoms with Crippen LogP contribution in [0.15, 0.2) is 40.8 Å². The minimum absolute atomic E-state index is 0.163. The number of thioether (sulfide) groups is 1. The summed E-state index contributed by atoms with van der Waals surface area (Å²) in [5, 5.41) is 2.38. The maximum absolute atomic E-state index is 13.8. The molecule has 0 unspecified atom stereocenters. The van der Waals surface area contributed by atoms with E-state index >= 15 is 0 Å². The van der Waals surface area contributed by atoms with Gasteiger partial charge in [0, 0.05) is 12.8 Å². The lowest BCUT2D eigenvalue weighted by molar-refractivity contribution is -0.135. The van der Waals surface area contributed by atoms with Gasteiger partial charge in [-0.2, -0.15) is 0 Å². The summed E-state index contributed by atoms with van der Waals surface area (Å²) in [4.78, 5) is 26.5. The van der Waals surface area contributed by atoms with Gasteiger partial charge in [0.1, 0.15) is 23.4 Å². The number of nitrogens with one attached hydrogen (secondary N) is 1. The third-order valence-electron chi connectivity index (χ3n) is 4.30. The first-order valence-electron chi connectivity index (χ1n) is 8.39. The van der Waals surface area contributed by atoms with Crippen LogP contribution in [0.3, 0.4) is 0 Å². The Morgan fingerprint density at radius 2 is 2.12 bits per heavy atom. The van der Waals surface area contributed by atoms with E-state index in [0.29, 0.717) is 30.0 Å². The van der Waals surface area contributed by atoms with Crippen molar-refractivity contribution >= 4 is 23.6 Å². The number of rotatable bonds is 5. The molecule has 1 aromatic carbocycles. The fourth-order valence-electron chi connectivity index (χ4n) is 2.89. The van der Waals surface area contributed by atoms with E-state index in [1.165, 1.54) is 17.8 Å². The van der Waals surface area contributed by atoms with Crippen LogP contribution >= 0.6 is 11.8 Å². The summed E-state index contributed by atoms with van der Waals surface area (Å²) >= 11 is 1.39. The van der Waals surface area contributed by atoms with Crippen LogP contribution in [0.1, 0.15) is 17.1 Å². The van der Waals surface area contributed by atoms with Gasteiger partial charge in [-0.05, 0) is 37.1 Å². The zero-order valence-electron chi connectivity index (χ0n) is 14.7. The Bertz CT molecular complexity index is 808. The van der Waals surface area contributed by atoms with Crippen LogP contribution in [0.4, 0.5) is 4.39 Å². The molecule has 1 fully saturated rings. The molecule has 2 atom stereocenters. The zero-order chi connectivity index (χ0) is 18.7. The van der Waals surface area contributed by atoms with Crippen molar-refractivity contribution in [3.05, 3.63) is 59.3 Å². The molecule has 1 aromatic heterocycles. The van der Waals surface area contributed by atoms with Gasteiger partial charge >= 0.3 is 0 Å². The van der Waals surface area contributed by atoms with Crippen molar-refractivity contribution in [1.29, 1.82) is 0 Å². The number of hydrogen-bond acceptors (Lipinski definition) is 4. The largest absolute Gasteiger partial charge is 0.464 e. The molecule has 3 rings (SSSR count). The fraction of sp³-hybridized carbons (Fsp3) is 0.368. The van der Waals surface area contributed by atoms with Gasteiger partial charge in [0.2, 0.25) is 11.8 Å². The number of nitrogens with zero attached hydrogens (tertiary/aromatic N) is 1. The molecule has 2 heterocycles. The highest BCUT2D eigenvalue weighted by Gasteiger charge is 2.34. The second kappa shape index (κ2) is 7.95. The highest BCUT2D eigenvalue weighted by molar-refractivity contribution is 8.00. The highest BCUT2D eigenvalue weighted by Crippen LogP contribution is 2.24. The molecule has 1 saturated heterocycles. The third kappa shape index (κ3) is 4.27.